The molecule has 0 radical (unpaired) electrons. The van der Waals surface area contributed by atoms with E-state index in [-0.39, 0.29) is 24.0 Å². The number of hydrogen-bond acceptors (Lipinski definition) is 5. The number of benzene rings is 1. The molecule has 39 heavy (non-hydrogen) atoms. The molecule has 220 valence electrons. The quantitative estimate of drug-likeness (QED) is 0.142. The third kappa shape index (κ3) is 9.17. The number of esters is 1. The number of carbonyl (C=O) groups excluding carboxylic acids is 1. The minimum Gasteiger partial charge on any atom is -0.460 e. The van der Waals surface area contributed by atoms with Crippen LogP contribution in [0.25, 0.3) is 10.9 Å². The highest BCUT2D eigenvalue weighted by Crippen LogP contribution is 2.33. The summed E-state index contributed by atoms with van der Waals surface area (Å²) in [7, 11) is 0.651. The van der Waals surface area contributed by atoms with Crippen LogP contribution in [0.5, 0.6) is 0 Å². The van der Waals surface area contributed by atoms with Gasteiger partial charge >= 0.3 is 5.97 Å². The fourth-order valence-electron chi connectivity index (χ4n) is 5.63. The molecule has 0 amide bonds. The Morgan fingerprint density at radius 2 is 1.90 bits per heavy atom. The van der Waals surface area contributed by atoms with Crippen LogP contribution < -0.4 is 5.73 Å². The van der Waals surface area contributed by atoms with Gasteiger partial charge in [-0.2, -0.15) is 0 Å². The maximum Gasteiger partial charge on any atom is 0.309 e. The second kappa shape index (κ2) is 14.3. The summed E-state index contributed by atoms with van der Waals surface area (Å²) in [5.41, 5.74) is 10.6. The van der Waals surface area contributed by atoms with Crippen LogP contribution >= 0.6 is 0 Å². The van der Waals surface area contributed by atoms with Gasteiger partial charge in [-0.1, -0.05) is 53.4 Å². The molecule has 4 unspecified atom stereocenters. The number of aryl methyl sites for hydroxylation is 1. The predicted octanol–water partition coefficient (Wildman–Crippen LogP) is 6.65. The summed E-state index contributed by atoms with van der Waals surface area (Å²) < 4.78 is 19.4. The van der Waals surface area contributed by atoms with E-state index < -0.39 is 8.07 Å². The average molecular weight is 559 g/mol. The van der Waals surface area contributed by atoms with Gasteiger partial charge in [-0.05, 0) is 79.2 Å². The number of cyclic esters (lactones) is 1. The van der Waals surface area contributed by atoms with E-state index in [1.165, 1.54) is 28.1 Å². The molecule has 2 N–H and O–H groups in total. The van der Waals surface area contributed by atoms with Crippen molar-refractivity contribution in [1.82, 2.24) is 4.57 Å². The highest BCUT2D eigenvalue weighted by atomic mass is 28.3. The van der Waals surface area contributed by atoms with Crippen LogP contribution in [0.3, 0.4) is 0 Å². The number of methoxy groups -OCH3 is 1. The lowest BCUT2D eigenvalue weighted by Crippen LogP contribution is -2.37. The van der Waals surface area contributed by atoms with Gasteiger partial charge in [0, 0.05) is 46.0 Å². The van der Waals surface area contributed by atoms with E-state index in [0.29, 0.717) is 24.5 Å². The van der Waals surface area contributed by atoms with Gasteiger partial charge in [-0.15, -0.1) is 0 Å². The first-order valence-corrected chi connectivity index (χ1v) is 18.7. The minimum absolute atomic E-state index is 0.0268. The SMILES string of the molecule is COCCCc1cn(COCC[Si](C)(C)C)c2ccc(CC(CC(N)C3CC(C(C)C)C(=O)O3)C(C)C)cc12. The number of aromatic nitrogens is 1. The van der Waals surface area contributed by atoms with Gasteiger partial charge in [0.1, 0.15) is 12.8 Å². The van der Waals surface area contributed by atoms with Gasteiger partial charge in [0.2, 0.25) is 0 Å². The first kappa shape index (κ1) is 31.8. The molecule has 7 heteroatoms. The molecular weight excluding hydrogens is 504 g/mol. The highest BCUT2D eigenvalue weighted by molar-refractivity contribution is 6.76. The molecule has 0 saturated carbocycles. The predicted molar refractivity (Wildman–Crippen MR) is 164 cm³/mol. The summed E-state index contributed by atoms with van der Waals surface area (Å²) >= 11 is 0. The van der Waals surface area contributed by atoms with E-state index in [2.05, 4.69) is 76.3 Å². The van der Waals surface area contributed by atoms with Crippen molar-refractivity contribution < 1.29 is 19.0 Å². The maximum absolute atomic E-state index is 12.3. The van der Waals surface area contributed by atoms with Crippen molar-refractivity contribution in [3.8, 4) is 0 Å². The Hall–Kier alpha value is -1.67. The molecule has 2 heterocycles. The first-order chi connectivity index (χ1) is 18.4. The Morgan fingerprint density at radius 3 is 2.51 bits per heavy atom. The van der Waals surface area contributed by atoms with Crippen LogP contribution in [0.2, 0.25) is 25.7 Å². The normalized spacial score (nSPS) is 19.8. The molecule has 0 aliphatic carbocycles. The molecule has 1 aliphatic rings. The van der Waals surface area contributed by atoms with Gasteiger partial charge in [-0.25, -0.2) is 0 Å². The summed E-state index contributed by atoms with van der Waals surface area (Å²) in [5, 5.41) is 1.31. The van der Waals surface area contributed by atoms with Crippen LogP contribution in [0.1, 0.15) is 58.1 Å². The Balaban J connectivity index is 1.74. The van der Waals surface area contributed by atoms with E-state index in [1.807, 2.05) is 0 Å². The summed E-state index contributed by atoms with van der Waals surface area (Å²) in [6.45, 7) is 18.0. The Morgan fingerprint density at radius 1 is 1.15 bits per heavy atom. The lowest BCUT2D eigenvalue weighted by Gasteiger charge is -2.27. The van der Waals surface area contributed by atoms with Gasteiger partial charge in [-0.3, -0.25) is 4.79 Å². The molecule has 4 atom stereocenters. The molecule has 1 aromatic carbocycles. The van der Waals surface area contributed by atoms with E-state index in [9.17, 15) is 4.79 Å². The summed E-state index contributed by atoms with van der Waals surface area (Å²) in [4.78, 5) is 12.3. The Kier molecular flexibility index (Phi) is 11.7. The molecule has 1 saturated heterocycles. The highest BCUT2D eigenvalue weighted by Gasteiger charge is 2.39. The lowest BCUT2D eigenvalue weighted by atomic mass is 9.81. The second-order valence-electron chi connectivity index (χ2n) is 13.6. The van der Waals surface area contributed by atoms with Crippen molar-refractivity contribution in [1.29, 1.82) is 0 Å². The van der Waals surface area contributed by atoms with E-state index in [1.54, 1.807) is 7.11 Å². The molecule has 1 fully saturated rings. The van der Waals surface area contributed by atoms with Crippen molar-refractivity contribution in [2.75, 3.05) is 20.3 Å². The largest absolute Gasteiger partial charge is 0.460 e. The molecule has 0 spiro atoms. The first-order valence-electron chi connectivity index (χ1n) is 15.0. The third-order valence-electron chi connectivity index (χ3n) is 8.40. The van der Waals surface area contributed by atoms with Crippen molar-refractivity contribution in [2.45, 2.75) is 104 Å². The monoisotopic (exact) mass is 558 g/mol. The van der Waals surface area contributed by atoms with E-state index in [0.717, 1.165) is 45.3 Å². The number of ether oxygens (including phenoxy) is 3. The summed E-state index contributed by atoms with van der Waals surface area (Å²) in [6, 6.07) is 7.95. The van der Waals surface area contributed by atoms with Crippen molar-refractivity contribution in [3.63, 3.8) is 0 Å². The summed E-state index contributed by atoms with van der Waals surface area (Å²) in [5.74, 6) is 1.08. The zero-order valence-electron chi connectivity index (χ0n) is 25.8. The van der Waals surface area contributed by atoms with Crippen molar-refractivity contribution in [3.05, 3.63) is 35.5 Å². The Labute approximate surface area is 238 Å². The number of fused-ring (bicyclic) bond motifs is 1. The molecule has 6 nitrogen and oxygen atoms in total. The minimum atomic E-state index is -1.11. The van der Waals surface area contributed by atoms with Crippen LogP contribution in [0.15, 0.2) is 24.4 Å². The number of nitrogens with two attached hydrogens (primary N) is 1. The standard InChI is InChI=1S/C32H54N2O4Si/c1-22(2)26(18-29(33)31-19-27(23(3)4)32(35)38-31)16-24-11-12-30-28(17-24)25(10-9-13-36-5)20-34(30)21-37-14-15-39(6,7)8/h11-12,17,20,22-23,26-27,29,31H,9-10,13-16,18-19,21,33H2,1-8H3. The van der Waals surface area contributed by atoms with Crippen LogP contribution in [-0.2, 0) is 38.6 Å². The number of nitrogens with zero attached hydrogens (tertiary/aromatic N) is 1. The van der Waals surface area contributed by atoms with Gasteiger partial charge in [0.15, 0.2) is 0 Å². The van der Waals surface area contributed by atoms with Gasteiger partial charge < -0.3 is 24.5 Å². The number of carbonyl (C=O) groups is 1. The van der Waals surface area contributed by atoms with E-state index in [4.69, 9.17) is 19.9 Å². The Bertz CT molecular complexity index is 1060. The van der Waals surface area contributed by atoms with Crippen molar-refractivity contribution in [2.24, 2.45) is 29.4 Å². The average Bonchev–Trinajstić information content (AvgIpc) is 3.41. The van der Waals surface area contributed by atoms with Crippen LogP contribution in [-0.4, -0.2) is 51.1 Å². The smallest absolute Gasteiger partial charge is 0.309 e. The fraction of sp³-hybridized carbons (Fsp3) is 0.719. The fourth-order valence-corrected chi connectivity index (χ4v) is 6.39. The molecular formula is C32H54N2O4Si. The molecule has 1 aromatic heterocycles. The number of hydrogen-bond donors (Lipinski definition) is 1. The van der Waals surface area contributed by atoms with Gasteiger partial charge in [0.05, 0.1) is 11.4 Å². The zero-order chi connectivity index (χ0) is 28.7. The second-order valence-corrected chi connectivity index (χ2v) is 19.2. The van der Waals surface area contributed by atoms with Crippen LogP contribution in [0.4, 0.5) is 0 Å². The molecule has 0 bridgehead atoms. The molecule has 2 aromatic rings. The van der Waals surface area contributed by atoms with E-state index >= 15 is 0 Å². The summed E-state index contributed by atoms with van der Waals surface area (Å²) in [6.07, 6.45) is 6.64. The molecule has 1 aliphatic heterocycles. The number of rotatable bonds is 16. The molecule has 3 rings (SSSR count). The maximum atomic E-state index is 12.3. The topological polar surface area (TPSA) is 75.7 Å². The zero-order valence-corrected chi connectivity index (χ0v) is 26.8. The van der Waals surface area contributed by atoms with Crippen LogP contribution in [0, 0.1) is 23.7 Å². The van der Waals surface area contributed by atoms with Gasteiger partial charge in [0.25, 0.3) is 0 Å². The lowest BCUT2D eigenvalue weighted by molar-refractivity contribution is -0.146. The third-order valence-corrected chi connectivity index (χ3v) is 10.1. The van der Waals surface area contributed by atoms with Crippen molar-refractivity contribution >= 4 is 24.9 Å².